The third kappa shape index (κ3) is 3.40. The molecule has 1 amide bonds. The molecule has 2 aliphatic rings. The molecule has 120 valence electrons. The van der Waals surface area contributed by atoms with Gasteiger partial charge in [0.15, 0.2) is 0 Å². The number of ether oxygens (including phenoxy) is 2. The first kappa shape index (κ1) is 16.3. The van der Waals surface area contributed by atoms with Gasteiger partial charge in [0.2, 0.25) is 0 Å². The molecule has 1 saturated carbocycles. The first-order valence-electron chi connectivity index (χ1n) is 7.76. The number of nitrogens with zero attached hydrogens (tertiary/aromatic N) is 1. The van der Waals surface area contributed by atoms with Gasteiger partial charge in [0.05, 0.1) is 18.8 Å². The van der Waals surface area contributed by atoms with Gasteiger partial charge >= 0.3 is 6.09 Å². The second kappa shape index (κ2) is 5.97. The summed E-state index contributed by atoms with van der Waals surface area (Å²) in [7, 11) is 0. The molecule has 5 nitrogen and oxygen atoms in total. The van der Waals surface area contributed by atoms with Gasteiger partial charge in [-0.3, -0.25) is 4.90 Å². The zero-order valence-corrected chi connectivity index (χ0v) is 13.3. The summed E-state index contributed by atoms with van der Waals surface area (Å²) >= 11 is 0. The minimum absolute atomic E-state index is 0.326. The van der Waals surface area contributed by atoms with Gasteiger partial charge in [-0.25, -0.2) is 4.79 Å². The highest BCUT2D eigenvalue weighted by Gasteiger charge is 2.53. The molecule has 2 atom stereocenters. The molecule has 1 aliphatic heterocycles. The number of amides is 1. The lowest BCUT2D eigenvalue weighted by molar-refractivity contribution is -0.110. The van der Waals surface area contributed by atoms with Crippen molar-refractivity contribution in [2.24, 2.45) is 0 Å². The second-order valence-electron chi connectivity index (χ2n) is 6.96. The number of aliphatic hydroxyl groups excluding tert-OH is 1. The molecular formula is C16H27NO4. The fraction of sp³-hybridized carbons (Fsp3) is 0.812. The molecule has 1 N–H and O–H groups in total. The van der Waals surface area contributed by atoms with E-state index >= 15 is 0 Å². The van der Waals surface area contributed by atoms with Crippen molar-refractivity contribution < 1.29 is 19.4 Å². The largest absolute Gasteiger partial charge is 0.444 e. The second-order valence-corrected chi connectivity index (χ2v) is 6.96. The third-order valence-electron chi connectivity index (χ3n) is 4.15. The van der Waals surface area contributed by atoms with Gasteiger partial charge in [-0.2, -0.15) is 0 Å². The molecule has 1 heterocycles. The number of hydrogen-bond acceptors (Lipinski definition) is 4. The van der Waals surface area contributed by atoms with Crippen LogP contribution >= 0.6 is 0 Å². The van der Waals surface area contributed by atoms with Gasteiger partial charge in [0.1, 0.15) is 11.3 Å². The van der Waals surface area contributed by atoms with Crippen LogP contribution in [0, 0.1) is 0 Å². The Labute approximate surface area is 126 Å². The monoisotopic (exact) mass is 297 g/mol. The van der Waals surface area contributed by atoms with E-state index in [9.17, 15) is 9.90 Å². The van der Waals surface area contributed by atoms with Crippen molar-refractivity contribution in [3.05, 3.63) is 12.7 Å². The SMILES string of the molecule is C=C[C@@H](O)[C@H]1COC2(CCCCC2)N1C(=O)OC(C)(C)C. The van der Waals surface area contributed by atoms with Crippen molar-refractivity contribution in [2.75, 3.05) is 6.61 Å². The maximum Gasteiger partial charge on any atom is 0.413 e. The van der Waals surface area contributed by atoms with E-state index in [-0.39, 0.29) is 0 Å². The van der Waals surface area contributed by atoms with Crippen LogP contribution in [0.1, 0.15) is 52.9 Å². The molecule has 1 saturated heterocycles. The molecule has 0 bridgehead atoms. The number of rotatable bonds is 2. The van der Waals surface area contributed by atoms with Crippen LogP contribution in [0.25, 0.3) is 0 Å². The Morgan fingerprint density at radius 3 is 2.57 bits per heavy atom. The zero-order valence-electron chi connectivity index (χ0n) is 13.3. The van der Waals surface area contributed by atoms with Crippen LogP contribution in [0.3, 0.4) is 0 Å². The molecule has 0 radical (unpaired) electrons. The number of aliphatic hydroxyl groups is 1. The molecule has 1 aliphatic carbocycles. The average molecular weight is 297 g/mol. The van der Waals surface area contributed by atoms with Gasteiger partial charge in [0, 0.05) is 0 Å². The van der Waals surface area contributed by atoms with E-state index in [0.717, 1.165) is 32.1 Å². The van der Waals surface area contributed by atoms with E-state index < -0.39 is 29.6 Å². The van der Waals surface area contributed by atoms with Gasteiger partial charge in [0.25, 0.3) is 0 Å². The molecule has 5 heteroatoms. The normalized spacial score (nSPS) is 26.7. The van der Waals surface area contributed by atoms with Crippen LogP contribution in [0.15, 0.2) is 12.7 Å². The van der Waals surface area contributed by atoms with Gasteiger partial charge in [-0.15, -0.1) is 6.58 Å². The minimum atomic E-state index is -0.807. The van der Waals surface area contributed by atoms with Crippen molar-refractivity contribution in [1.82, 2.24) is 4.90 Å². The van der Waals surface area contributed by atoms with E-state index in [1.54, 1.807) is 4.90 Å². The van der Waals surface area contributed by atoms with E-state index in [1.165, 1.54) is 6.08 Å². The lowest BCUT2D eigenvalue weighted by Gasteiger charge is -2.42. The molecule has 0 aromatic heterocycles. The Balaban J connectivity index is 2.26. The molecule has 21 heavy (non-hydrogen) atoms. The maximum absolute atomic E-state index is 12.6. The van der Waals surface area contributed by atoms with Crippen LogP contribution in [0.4, 0.5) is 4.79 Å². The summed E-state index contributed by atoms with van der Waals surface area (Å²) in [5.41, 5.74) is -1.19. The van der Waals surface area contributed by atoms with Gasteiger partial charge in [-0.1, -0.05) is 12.5 Å². The zero-order chi connectivity index (χ0) is 15.7. The molecule has 1 spiro atoms. The predicted octanol–water partition coefficient (Wildman–Crippen LogP) is 2.83. The Kier molecular flexibility index (Phi) is 4.63. The smallest absolute Gasteiger partial charge is 0.413 e. The van der Waals surface area contributed by atoms with E-state index in [0.29, 0.717) is 6.61 Å². The first-order chi connectivity index (χ1) is 9.79. The summed E-state index contributed by atoms with van der Waals surface area (Å²) in [6.45, 7) is 9.47. The molecule has 2 rings (SSSR count). The molecule has 2 fully saturated rings. The minimum Gasteiger partial charge on any atom is -0.444 e. The van der Waals surface area contributed by atoms with Crippen molar-refractivity contribution in [2.45, 2.75) is 76.3 Å². The lowest BCUT2D eigenvalue weighted by Crippen LogP contribution is -2.56. The van der Waals surface area contributed by atoms with Gasteiger partial charge in [-0.05, 0) is 46.5 Å². The quantitative estimate of drug-likeness (QED) is 0.796. The van der Waals surface area contributed by atoms with Crippen LogP contribution in [0.2, 0.25) is 0 Å². The summed E-state index contributed by atoms with van der Waals surface area (Å²) < 4.78 is 11.5. The van der Waals surface area contributed by atoms with Crippen LogP contribution < -0.4 is 0 Å². The molecular weight excluding hydrogens is 270 g/mol. The average Bonchev–Trinajstić information content (AvgIpc) is 2.76. The van der Waals surface area contributed by atoms with Crippen LogP contribution in [-0.4, -0.2) is 46.2 Å². The lowest BCUT2D eigenvalue weighted by atomic mass is 9.90. The van der Waals surface area contributed by atoms with E-state index in [1.807, 2.05) is 20.8 Å². The van der Waals surface area contributed by atoms with Crippen molar-refractivity contribution >= 4 is 6.09 Å². The summed E-state index contributed by atoms with van der Waals surface area (Å²) in [4.78, 5) is 14.3. The predicted molar refractivity (Wildman–Crippen MR) is 79.8 cm³/mol. The topological polar surface area (TPSA) is 59.0 Å². The fourth-order valence-corrected chi connectivity index (χ4v) is 3.20. The fourth-order valence-electron chi connectivity index (χ4n) is 3.20. The van der Waals surface area contributed by atoms with Crippen LogP contribution in [-0.2, 0) is 9.47 Å². The Bertz CT molecular complexity index is 396. The number of carbonyl (C=O) groups excluding carboxylic acids is 1. The molecule has 0 aromatic carbocycles. The molecule has 0 unspecified atom stereocenters. The van der Waals surface area contributed by atoms with E-state index in [4.69, 9.17) is 9.47 Å². The van der Waals surface area contributed by atoms with Crippen LogP contribution in [0.5, 0.6) is 0 Å². The first-order valence-corrected chi connectivity index (χ1v) is 7.76. The highest BCUT2D eigenvalue weighted by atomic mass is 16.6. The summed E-state index contributed by atoms with van der Waals surface area (Å²) in [5, 5.41) is 10.1. The number of carbonyl (C=O) groups is 1. The molecule has 0 aromatic rings. The maximum atomic E-state index is 12.6. The highest BCUT2D eigenvalue weighted by Crippen LogP contribution is 2.42. The van der Waals surface area contributed by atoms with Gasteiger partial charge < -0.3 is 14.6 Å². The number of hydrogen-bond donors (Lipinski definition) is 1. The highest BCUT2D eigenvalue weighted by molar-refractivity contribution is 5.70. The Morgan fingerprint density at radius 1 is 1.43 bits per heavy atom. The summed E-state index contributed by atoms with van der Waals surface area (Å²) in [6, 6.07) is -0.421. The van der Waals surface area contributed by atoms with E-state index in [2.05, 4.69) is 6.58 Å². The van der Waals surface area contributed by atoms with Crippen molar-refractivity contribution in [3.63, 3.8) is 0 Å². The third-order valence-corrected chi connectivity index (χ3v) is 4.15. The van der Waals surface area contributed by atoms with Crippen molar-refractivity contribution in [1.29, 1.82) is 0 Å². The Hall–Kier alpha value is -1.07. The standard InChI is InChI=1S/C16H27NO4/c1-5-13(18)12-11-20-16(9-7-6-8-10-16)17(12)14(19)21-15(2,3)4/h5,12-13,18H,1,6-11H2,2-4H3/t12-,13-/m1/s1. The summed E-state index contributed by atoms with van der Waals surface area (Å²) in [6.07, 6.45) is 5.03. The Morgan fingerprint density at radius 2 is 2.05 bits per heavy atom. The van der Waals surface area contributed by atoms with Crippen molar-refractivity contribution in [3.8, 4) is 0 Å². The summed E-state index contributed by atoms with van der Waals surface area (Å²) in [5.74, 6) is 0.